The number of aryl methyl sites for hydroxylation is 1. The summed E-state index contributed by atoms with van der Waals surface area (Å²) < 4.78 is 0. The van der Waals surface area contributed by atoms with E-state index < -0.39 is 0 Å². The second-order valence-corrected chi connectivity index (χ2v) is 4.38. The van der Waals surface area contributed by atoms with Crippen LogP contribution in [0.15, 0.2) is 42.6 Å². The van der Waals surface area contributed by atoms with Gasteiger partial charge in [0.15, 0.2) is 0 Å². The molecule has 0 saturated heterocycles. The molecule has 0 aliphatic carbocycles. The molecule has 0 aliphatic rings. The van der Waals surface area contributed by atoms with E-state index in [0.717, 1.165) is 5.69 Å². The summed E-state index contributed by atoms with van der Waals surface area (Å²) in [5.74, 6) is 0.630. The van der Waals surface area contributed by atoms with E-state index >= 15 is 0 Å². The molecule has 0 saturated carbocycles. The van der Waals surface area contributed by atoms with Crippen LogP contribution < -0.4 is 10.2 Å². The van der Waals surface area contributed by atoms with Gasteiger partial charge in [-0.15, -0.1) is 0 Å². The lowest BCUT2D eigenvalue weighted by molar-refractivity contribution is 0.0993. The number of pyridine rings is 1. The fourth-order valence-corrected chi connectivity index (χ4v) is 1.78. The number of carbonyl (C=O) groups excluding carboxylic acids is 1. The molecule has 0 atom stereocenters. The Balaban J connectivity index is 2.25. The van der Waals surface area contributed by atoms with E-state index in [1.54, 1.807) is 37.3 Å². The monoisotopic (exact) mass is 255 g/mol. The summed E-state index contributed by atoms with van der Waals surface area (Å²) >= 11 is 0. The molecule has 0 bridgehead atoms. The van der Waals surface area contributed by atoms with Gasteiger partial charge in [0.2, 0.25) is 0 Å². The minimum Gasteiger partial charge on any atom is -0.373 e. The molecule has 1 aromatic carbocycles. The van der Waals surface area contributed by atoms with Crippen molar-refractivity contribution in [3.8, 4) is 0 Å². The van der Waals surface area contributed by atoms with Crippen LogP contribution in [0.3, 0.4) is 0 Å². The van der Waals surface area contributed by atoms with E-state index in [1.165, 1.54) is 5.56 Å². The van der Waals surface area contributed by atoms with Crippen LogP contribution >= 0.6 is 0 Å². The molecule has 1 N–H and O–H groups in total. The Morgan fingerprint density at radius 2 is 1.89 bits per heavy atom. The van der Waals surface area contributed by atoms with Gasteiger partial charge in [-0.05, 0) is 31.2 Å². The molecule has 19 heavy (non-hydrogen) atoms. The molecule has 2 rings (SSSR count). The Kier molecular flexibility index (Phi) is 3.80. The minimum atomic E-state index is -0.0530. The fraction of sp³-hybridized carbons (Fsp3) is 0.200. The van der Waals surface area contributed by atoms with Gasteiger partial charge in [0, 0.05) is 31.5 Å². The van der Waals surface area contributed by atoms with Crippen molar-refractivity contribution in [3.63, 3.8) is 0 Å². The minimum absolute atomic E-state index is 0.0530. The summed E-state index contributed by atoms with van der Waals surface area (Å²) in [7, 11) is 3.55. The van der Waals surface area contributed by atoms with Crippen LogP contribution in [-0.4, -0.2) is 25.0 Å². The Bertz CT molecular complexity index is 578. The molecule has 4 heteroatoms. The van der Waals surface area contributed by atoms with Crippen molar-refractivity contribution >= 4 is 17.4 Å². The molecular formula is C15H17N3O. The Morgan fingerprint density at radius 1 is 1.21 bits per heavy atom. The SMILES string of the molecule is CNc1cc(C(=O)N(C)c2ccc(C)cc2)ccn1. The van der Waals surface area contributed by atoms with Crippen molar-refractivity contribution in [3.05, 3.63) is 53.7 Å². The first-order valence-electron chi connectivity index (χ1n) is 6.10. The Morgan fingerprint density at radius 3 is 2.53 bits per heavy atom. The smallest absolute Gasteiger partial charge is 0.258 e. The first-order chi connectivity index (χ1) is 9.11. The maximum Gasteiger partial charge on any atom is 0.258 e. The number of carbonyl (C=O) groups is 1. The quantitative estimate of drug-likeness (QED) is 0.917. The predicted molar refractivity (Wildman–Crippen MR) is 77.7 cm³/mol. The highest BCUT2D eigenvalue weighted by Gasteiger charge is 2.13. The van der Waals surface area contributed by atoms with Crippen molar-refractivity contribution in [2.24, 2.45) is 0 Å². The maximum atomic E-state index is 12.4. The molecule has 0 spiro atoms. The second kappa shape index (κ2) is 5.52. The number of benzene rings is 1. The van der Waals surface area contributed by atoms with Crippen LogP contribution in [0.1, 0.15) is 15.9 Å². The van der Waals surface area contributed by atoms with Gasteiger partial charge in [-0.3, -0.25) is 4.79 Å². The molecule has 0 unspecified atom stereocenters. The van der Waals surface area contributed by atoms with Crippen molar-refractivity contribution in [2.45, 2.75) is 6.92 Å². The van der Waals surface area contributed by atoms with Gasteiger partial charge >= 0.3 is 0 Å². The zero-order valence-electron chi connectivity index (χ0n) is 11.3. The van der Waals surface area contributed by atoms with Gasteiger partial charge in [-0.2, -0.15) is 0 Å². The number of rotatable bonds is 3. The van der Waals surface area contributed by atoms with Gasteiger partial charge in [0.25, 0.3) is 5.91 Å². The van der Waals surface area contributed by atoms with Gasteiger partial charge in [0.05, 0.1) is 0 Å². The van der Waals surface area contributed by atoms with Crippen molar-refractivity contribution < 1.29 is 4.79 Å². The van der Waals surface area contributed by atoms with E-state index in [4.69, 9.17) is 0 Å². The molecule has 0 radical (unpaired) electrons. The first-order valence-corrected chi connectivity index (χ1v) is 6.10. The molecule has 4 nitrogen and oxygen atoms in total. The van der Waals surface area contributed by atoms with Crippen LogP contribution in [0.25, 0.3) is 0 Å². The van der Waals surface area contributed by atoms with Crippen LogP contribution in [0.2, 0.25) is 0 Å². The number of hydrogen-bond acceptors (Lipinski definition) is 3. The van der Waals surface area contributed by atoms with Crippen molar-refractivity contribution in [1.29, 1.82) is 0 Å². The largest absolute Gasteiger partial charge is 0.373 e. The molecule has 1 amide bonds. The summed E-state index contributed by atoms with van der Waals surface area (Å²) in [6, 6.07) is 11.3. The third-order valence-corrected chi connectivity index (χ3v) is 2.99. The van der Waals surface area contributed by atoms with Crippen LogP contribution in [-0.2, 0) is 0 Å². The third-order valence-electron chi connectivity index (χ3n) is 2.99. The second-order valence-electron chi connectivity index (χ2n) is 4.38. The molecule has 1 aromatic heterocycles. The van der Waals surface area contributed by atoms with Gasteiger partial charge in [-0.1, -0.05) is 17.7 Å². The summed E-state index contributed by atoms with van der Waals surface area (Å²) in [4.78, 5) is 18.1. The zero-order chi connectivity index (χ0) is 13.8. The first kappa shape index (κ1) is 13.1. The number of hydrogen-bond donors (Lipinski definition) is 1. The topological polar surface area (TPSA) is 45.2 Å². The lowest BCUT2D eigenvalue weighted by Crippen LogP contribution is -2.26. The van der Waals surface area contributed by atoms with E-state index in [-0.39, 0.29) is 5.91 Å². The fourth-order valence-electron chi connectivity index (χ4n) is 1.78. The lowest BCUT2D eigenvalue weighted by atomic mass is 10.2. The molecule has 2 aromatic rings. The molecule has 1 heterocycles. The molecule has 0 fully saturated rings. The standard InChI is InChI=1S/C15H17N3O/c1-11-4-6-13(7-5-11)18(3)15(19)12-8-9-17-14(10-12)16-2/h4-10H,1-3H3,(H,16,17). The van der Waals surface area contributed by atoms with E-state index in [9.17, 15) is 4.79 Å². The van der Waals surface area contributed by atoms with E-state index in [1.807, 2.05) is 31.2 Å². The number of anilines is 2. The maximum absolute atomic E-state index is 12.4. The van der Waals surface area contributed by atoms with Crippen molar-refractivity contribution in [2.75, 3.05) is 24.3 Å². The van der Waals surface area contributed by atoms with E-state index in [2.05, 4.69) is 10.3 Å². The van der Waals surface area contributed by atoms with Crippen LogP contribution in [0, 0.1) is 6.92 Å². The Hall–Kier alpha value is -2.36. The molecular weight excluding hydrogens is 238 g/mol. The summed E-state index contributed by atoms with van der Waals surface area (Å²) in [6.07, 6.45) is 1.63. The van der Waals surface area contributed by atoms with Crippen LogP contribution in [0.5, 0.6) is 0 Å². The van der Waals surface area contributed by atoms with Gasteiger partial charge < -0.3 is 10.2 Å². The molecule has 0 aliphatic heterocycles. The Labute approximate surface area is 113 Å². The average molecular weight is 255 g/mol. The van der Waals surface area contributed by atoms with Crippen LogP contribution in [0.4, 0.5) is 11.5 Å². The third kappa shape index (κ3) is 2.91. The number of nitrogens with one attached hydrogen (secondary N) is 1. The normalized spacial score (nSPS) is 10.1. The predicted octanol–water partition coefficient (Wildman–Crippen LogP) is 2.71. The van der Waals surface area contributed by atoms with Gasteiger partial charge in [-0.25, -0.2) is 4.98 Å². The highest BCUT2D eigenvalue weighted by atomic mass is 16.2. The summed E-state index contributed by atoms with van der Waals surface area (Å²) in [5.41, 5.74) is 2.66. The zero-order valence-corrected chi connectivity index (χ0v) is 11.3. The highest BCUT2D eigenvalue weighted by molar-refractivity contribution is 6.06. The number of amides is 1. The average Bonchev–Trinajstić information content (AvgIpc) is 2.46. The summed E-state index contributed by atoms with van der Waals surface area (Å²) in [6.45, 7) is 2.02. The van der Waals surface area contributed by atoms with E-state index in [0.29, 0.717) is 11.4 Å². The van der Waals surface area contributed by atoms with Crippen molar-refractivity contribution in [1.82, 2.24) is 4.98 Å². The lowest BCUT2D eigenvalue weighted by Gasteiger charge is -2.17. The molecule has 98 valence electrons. The van der Waals surface area contributed by atoms with Gasteiger partial charge in [0.1, 0.15) is 5.82 Å². The summed E-state index contributed by atoms with van der Waals surface area (Å²) in [5, 5.41) is 2.93. The number of aromatic nitrogens is 1. The highest BCUT2D eigenvalue weighted by Crippen LogP contribution is 2.17. The number of nitrogens with zero attached hydrogens (tertiary/aromatic N) is 2.